The van der Waals surface area contributed by atoms with Crippen molar-refractivity contribution in [2.45, 2.75) is 26.7 Å². The fraction of sp³-hybridized carbons (Fsp3) is 0.412. The van der Waals surface area contributed by atoms with Gasteiger partial charge in [0.15, 0.2) is 0 Å². The van der Waals surface area contributed by atoms with Crippen LogP contribution in [0.15, 0.2) is 24.3 Å². The number of nitrogens with one attached hydrogen (secondary N) is 1. The highest BCUT2D eigenvalue weighted by molar-refractivity contribution is 5.95. The molecule has 1 unspecified atom stereocenters. The summed E-state index contributed by atoms with van der Waals surface area (Å²) in [5, 5.41) is 11.6. The zero-order valence-electron chi connectivity index (χ0n) is 12.4. The van der Waals surface area contributed by atoms with Gasteiger partial charge in [0.1, 0.15) is 0 Å². The lowest BCUT2D eigenvalue weighted by atomic mass is 10.0. The van der Waals surface area contributed by atoms with E-state index in [9.17, 15) is 9.59 Å². The Balaban J connectivity index is 1.97. The SMILES string of the molecule is Cc1cc(C(=O)NCC(C)C2CC2)ccc1/C=C/C(=O)O. The van der Waals surface area contributed by atoms with E-state index in [1.807, 2.05) is 6.92 Å². The maximum atomic E-state index is 12.1. The number of benzene rings is 1. The molecule has 4 nitrogen and oxygen atoms in total. The van der Waals surface area contributed by atoms with Gasteiger partial charge in [-0.25, -0.2) is 4.79 Å². The summed E-state index contributed by atoms with van der Waals surface area (Å²) in [6.07, 6.45) is 5.19. The molecule has 1 fully saturated rings. The van der Waals surface area contributed by atoms with Gasteiger partial charge < -0.3 is 10.4 Å². The highest BCUT2D eigenvalue weighted by Gasteiger charge is 2.27. The van der Waals surface area contributed by atoms with Crippen LogP contribution in [0.25, 0.3) is 6.08 Å². The van der Waals surface area contributed by atoms with Gasteiger partial charge in [-0.15, -0.1) is 0 Å². The van der Waals surface area contributed by atoms with Crippen LogP contribution in [0.2, 0.25) is 0 Å². The molecule has 2 rings (SSSR count). The van der Waals surface area contributed by atoms with E-state index >= 15 is 0 Å². The van der Waals surface area contributed by atoms with Crippen LogP contribution in [0.5, 0.6) is 0 Å². The Hall–Kier alpha value is -2.10. The molecule has 2 N–H and O–H groups in total. The predicted molar refractivity (Wildman–Crippen MR) is 82.1 cm³/mol. The number of carboxylic acid groups (broad SMARTS) is 1. The van der Waals surface area contributed by atoms with Gasteiger partial charge in [-0.1, -0.05) is 13.0 Å². The number of amides is 1. The third kappa shape index (κ3) is 4.45. The predicted octanol–water partition coefficient (Wildman–Crippen LogP) is 2.87. The van der Waals surface area contributed by atoms with E-state index in [-0.39, 0.29) is 5.91 Å². The minimum atomic E-state index is -0.981. The molecule has 0 saturated heterocycles. The Morgan fingerprint density at radius 3 is 2.71 bits per heavy atom. The molecule has 4 heteroatoms. The van der Waals surface area contributed by atoms with E-state index in [0.717, 1.165) is 23.1 Å². The smallest absolute Gasteiger partial charge is 0.328 e. The van der Waals surface area contributed by atoms with Gasteiger partial charge in [0, 0.05) is 18.2 Å². The zero-order valence-corrected chi connectivity index (χ0v) is 12.4. The van der Waals surface area contributed by atoms with Gasteiger partial charge in [0.25, 0.3) is 5.91 Å². The Kier molecular flexibility index (Phi) is 4.78. The largest absolute Gasteiger partial charge is 0.478 e. The highest BCUT2D eigenvalue weighted by atomic mass is 16.4. The van der Waals surface area contributed by atoms with Gasteiger partial charge in [0.2, 0.25) is 0 Å². The van der Waals surface area contributed by atoms with Crippen LogP contribution in [-0.4, -0.2) is 23.5 Å². The first kappa shape index (κ1) is 15.3. The molecule has 1 atom stereocenters. The Morgan fingerprint density at radius 1 is 1.43 bits per heavy atom. The van der Waals surface area contributed by atoms with Crippen LogP contribution in [0.3, 0.4) is 0 Å². The number of carbonyl (C=O) groups is 2. The molecule has 1 aliphatic carbocycles. The Labute approximate surface area is 124 Å². The van der Waals surface area contributed by atoms with Crippen molar-refractivity contribution >= 4 is 18.0 Å². The fourth-order valence-electron chi connectivity index (χ4n) is 2.35. The maximum absolute atomic E-state index is 12.1. The van der Waals surface area contributed by atoms with Gasteiger partial charge >= 0.3 is 5.97 Å². The second-order valence-electron chi connectivity index (χ2n) is 5.77. The number of aliphatic carboxylic acids is 1. The Morgan fingerprint density at radius 2 is 2.14 bits per heavy atom. The number of carboxylic acids is 1. The normalized spacial score (nSPS) is 15.9. The van der Waals surface area contributed by atoms with Gasteiger partial charge in [-0.3, -0.25) is 4.79 Å². The van der Waals surface area contributed by atoms with Crippen molar-refractivity contribution in [3.05, 3.63) is 41.0 Å². The van der Waals surface area contributed by atoms with Crippen LogP contribution >= 0.6 is 0 Å². The number of aryl methyl sites for hydroxylation is 1. The summed E-state index contributed by atoms with van der Waals surface area (Å²) in [7, 11) is 0. The molecule has 21 heavy (non-hydrogen) atoms. The monoisotopic (exact) mass is 287 g/mol. The second kappa shape index (κ2) is 6.57. The molecule has 112 valence electrons. The van der Waals surface area contributed by atoms with Crippen molar-refractivity contribution in [1.82, 2.24) is 5.32 Å². The van der Waals surface area contributed by atoms with Crippen LogP contribution in [0, 0.1) is 18.8 Å². The molecule has 1 aromatic rings. The number of hydrogen-bond acceptors (Lipinski definition) is 2. The minimum absolute atomic E-state index is 0.0700. The van der Waals surface area contributed by atoms with E-state index in [4.69, 9.17) is 5.11 Å². The molecule has 0 spiro atoms. The average Bonchev–Trinajstić information content (AvgIpc) is 3.27. The van der Waals surface area contributed by atoms with E-state index < -0.39 is 5.97 Å². The molecule has 0 radical (unpaired) electrons. The third-order valence-electron chi connectivity index (χ3n) is 3.95. The van der Waals surface area contributed by atoms with E-state index in [2.05, 4.69) is 12.2 Å². The first-order valence-corrected chi connectivity index (χ1v) is 7.27. The van der Waals surface area contributed by atoms with E-state index in [1.165, 1.54) is 18.9 Å². The van der Waals surface area contributed by atoms with Gasteiger partial charge in [-0.05, 0) is 60.9 Å². The van der Waals surface area contributed by atoms with Crippen molar-refractivity contribution in [3.63, 3.8) is 0 Å². The average molecular weight is 287 g/mol. The third-order valence-corrected chi connectivity index (χ3v) is 3.95. The Bertz CT molecular complexity index is 573. The molecule has 1 aromatic carbocycles. The quantitative estimate of drug-likeness (QED) is 0.791. The number of hydrogen-bond donors (Lipinski definition) is 2. The van der Waals surface area contributed by atoms with Crippen molar-refractivity contribution in [1.29, 1.82) is 0 Å². The summed E-state index contributed by atoms with van der Waals surface area (Å²) >= 11 is 0. The van der Waals surface area contributed by atoms with E-state index in [0.29, 0.717) is 18.0 Å². The van der Waals surface area contributed by atoms with Crippen LogP contribution in [-0.2, 0) is 4.79 Å². The molecule has 0 aromatic heterocycles. The van der Waals surface area contributed by atoms with Crippen LogP contribution in [0.1, 0.15) is 41.3 Å². The molecular formula is C17H21NO3. The maximum Gasteiger partial charge on any atom is 0.328 e. The molecule has 0 aliphatic heterocycles. The minimum Gasteiger partial charge on any atom is -0.478 e. The van der Waals surface area contributed by atoms with Gasteiger partial charge in [0.05, 0.1) is 0 Å². The summed E-state index contributed by atoms with van der Waals surface area (Å²) in [6.45, 7) is 4.75. The van der Waals surface area contributed by atoms with Crippen molar-refractivity contribution < 1.29 is 14.7 Å². The van der Waals surface area contributed by atoms with Crippen molar-refractivity contribution in [3.8, 4) is 0 Å². The first-order chi connectivity index (χ1) is 9.97. The molecule has 1 saturated carbocycles. The highest BCUT2D eigenvalue weighted by Crippen LogP contribution is 2.36. The standard InChI is InChI=1S/C17H21NO3/c1-11-9-15(6-5-13(11)7-8-16(19)20)17(21)18-10-12(2)14-3-4-14/h5-9,12,14H,3-4,10H2,1-2H3,(H,18,21)(H,19,20)/b8-7+. The zero-order chi connectivity index (χ0) is 15.4. The lowest BCUT2D eigenvalue weighted by Crippen LogP contribution is -2.29. The van der Waals surface area contributed by atoms with Gasteiger partial charge in [-0.2, -0.15) is 0 Å². The summed E-state index contributed by atoms with van der Waals surface area (Å²) in [5.41, 5.74) is 2.30. The summed E-state index contributed by atoms with van der Waals surface area (Å²) < 4.78 is 0. The van der Waals surface area contributed by atoms with E-state index in [1.54, 1.807) is 18.2 Å². The molecule has 1 amide bonds. The summed E-state index contributed by atoms with van der Waals surface area (Å²) in [6, 6.07) is 5.29. The van der Waals surface area contributed by atoms with Crippen molar-refractivity contribution in [2.75, 3.05) is 6.54 Å². The second-order valence-corrected chi connectivity index (χ2v) is 5.77. The molecule has 0 heterocycles. The lowest BCUT2D eigenvalue weighted by Gasteiger charge is -2.12. The summed E-state index contributed by atoms with van der Waals surface area (Å²) in [5.74, 6) is 0.257. The number of carbonyl (C=O) groups excluding carboxylic acids is 1. The number of rotatable bonds is 6. The first-order valence-electron chi connectivity index (χ1n) is 7.27. The fourth-order valence-corrected chi connectivity index (χ4v) is 2.35. The van der Waals surface area contributed by atoms with Crippen molar-refractivity contribution in [2.24, 2.45) is 11.8 Å². The summed E-state index contributed by atoms with van der Waals surface area (Å²) in [4.78, 5) is 22.6. The molecule has 1 aliphatic rings. The van der Waals surface area contributed by atoms with Crippen LogP contribution in [0.4, 0.5) is 0 Å². The lowest BCUT2D eigenvalue weighted by molar-refractivity contribution is -0.131. The topological polar surface area (TPSA) is 66.4 Å². The molecular weight excluding hydrogens is 266 g/mol. The van der Waals surface area contributed by atoms with Crippen LogP contribution < -0.4 is 5.32 Å². The molecule has 0 bridgehead atoms.